The van der Waals surface area contributed by atoms with E-state index in [9.17, 15) is 4.79 Å². The molecule has 2 rings (SSSR count). The maximum atomic E-state index is 12.0. The highest BCUT2D eigenvalue weighted by atomic mass is 16.3. The van der Waals surface area contributed by atoms with Crippen molar-refractivity contribution in [2.75, 3.05) is 13.2 Å². The van der Waals surface area contributed by atoms with Gasteiger partial charge in [0.1, 0.15) is 0 Å². The van der Waals surface area contributed by atoms with Gasteiger partial charge in [0.25, 0.3) is 0 Å². The second kappa shape index (κ2) is 5.60. The Labute approximate surface area is 110 Å². The van der Waals surface area contributed by atoms with E-state index in [1.807, 2.05) is 0 Å². The molecule has 3 unspecified atom stereocenters. The molecule has 0 spiro atoms. The number of fused-ring (bicyclic) bond motifs is 2. The minimum absolute atomic E-state index is 0.000902. The smallest absolute Gasteiger partial charge is 0.220 e. The van der Waals surface area contributed by atoms with Gasteiger partial charge in [-0.1, -0.05) is 20.3 Å². The third kappa shape index (κ3) is 3.47. The molecule has 1 amide bonds. The van der Waals surface area contributed by atoms with Gasteiger partial charge >= 0.3 is 0 Å². The zero-order chi connectivity index (χ0) is 13.2. The molecule has 2 N–H and O–H groups in total. The number of carbonyl (C=O) groups is 1. The van der Waals surface area contributed by atoms with Crippen LogP contribution in [0.15, 0.2) is 0 Å². The minimum Gasteiger partial charge on any atom is -0.396 e. The topological polar surface area (TPSA) is 49.3 Å². The third-order valence-corrected chi connectivity index (χ3v) is 4.88. The van der Waals surface area contributed by atoms with E-state index >= 15 is 0 Å². The maximum Gasteiger partial charge on any atom is 0.220 e. The van der Waals surface area contributed by atoms with Crippen LogP contribution in [0, 0.1) is 23.2 Å². The first-order chi connectivity index (χ1) is 8.50. The number of aliphatic hydroxyl groups excluding tert-OH is 1. The molecule has 0 heterocycles. The van der Waals surface area contributed by atoms with Crippen molar-refractivity contribution in [3.05, 3.63) is 0 Å². The van der Waals surface area contributed by atoms with Gasteiger partial charge < -0.3 is 10.4 Å². The summed E-state index contributed by atoms with van der Waals surface area (Å²) in [6.45, 7) is 5.03. The molecule has 18 heavy (non-hydrogen) atoms. The lowest BCUT2D eigenvalue weighted by atomic mass is 9.86. The summed E-state index contributed by atoms with van der Waals surface area (Å²) in [5.74, 6) is 2.59. The summed E-state index contributed by atoms with van der Waals surface area (Å²) in [6, 6.07) is 0. The standard InChI is InChI=1S/C15H27NO2/c1-15(2,5-6-17)10-16-14(18)9-13-8-11-3-4-12(13)7-11/h11-13,17H,3-10H2,1-2H3,(H,16,18). The van der Waals surface area contributed by atoms with Gasteiger partial charge in [-0.15, -0.1) is 0 Å². The fraction of sp³-hybridized carbons (Fsp3) is 0.933. The second-order valence-corrected chi connectivity index (χ2v) is 7.05. The molecule has 104 valence electrons. The van der Waals surface area contributed by atoms with Crippen LogP contribution in [0.5, 0.6) is 0 Å². The van der Waals surface area contributed by atoms with Gasteiger partial charge in [0, 0.05) is 19.6 Å². The number of carbonyl (C=O) groups excluding carboxylic acids is 1. The molecule has 2 saturated carbocycles. The van der Waals surface area contributed by atoms with E-state index in [-0.39, 0.29) is 17.9 Å². The Balaban J connectivity index is 1.69. The summed E-state index contributed by atoms with van der Waals surface area (Å²) < 4.78 is 0. The second-order valence-electron chi connectivity index (χ2n) is 7.05. The maximum absolute atomic E-state index is 12.0. The van der Waals surface area contributed by atoms with Crippen LogP contribution in [0.1, 0.15) is 52.4 Å². The molecule has 3 nitrogen and oxygen atoms in total. The molecule has 2 bridgehead atoms. The highest BCUT2D eigenvalue weighted by Crippen LogP contribution is 2.49. The van der Waals surface area contributed by atoms with Gasteiger partial charge in [0.05, 0.1) is 0 Å². The SMILES string of the molecule is CC(C)(CCO)CNC(=O)CC1CC2CCC1C2. The van der Waals surface area contributed by atoms with Crippen molar-refractivity contribution < 1.29 is 9.90 Å². The Morgan fingerprint density at radius 3 is 2.67 bits per heavy atom. The predicted octanol–water partition coefficient (Wildman–Crippen LogP) is 2.34. The number of rotatable bonds is 6. The Morgan fingerprint density at radius 1 is 1.33 bits per heavy atom. The predicted molar refractivity (Wildman–Crippen MR) is 72.0 cm³/mol. The molecule has 2 aliphatic rings. The average molecular weight is 253 g/mol. The van der Waals surface area contributed by atoms with E-state index in [0.717, 1.165) is 24.7 Å². The van der Waals surface area contributed by atoms with E-state index in [0.29, 0.717) is 12.5 Å². The summed E-state index contributed by atoms with van der Waals surface area (Å²) in [7, 11) is 0. The van der Waals surface area contributed by atoms with Crippen LogP contribution in [-0.2, 0) is 4.79 Å². The first kappa shape index (κ1) is 13.9. The number of hydrogen-bond donors (Lipinski definition) is 2. The van der Waals surface area contributed by atoms with Gasteiger partial charge in [0.15, 0.2) is 0 Å². The molecule has 3 heteroatoms. The van der Waals surface area contributed by atoms with E-state index in [1.165, 1.54) is 25.7 Å². The molecule has 0 saturated heterocycles. The van der Waals surface area contributed by atoms with Gasteiger partial charge in [-0.3, -0.25) is 4.79 Å². The van der Waals surface area contributed by atoms with E-state index in [2.05, 4.69) is 19.2 Å². The van der Waals surface area contributed by atoms with Crippen molar-refractivity contribution in [3.8, 4) is 0 Å². The lowest BCUT2D eigenvalue weighted by Crippen LogP contribution is -2.35. The molecule has 3 atom stereocenters. The number of nitrogens with one attached hydrogen (secondary N) is 1. The molecule has 0 aromatic carbocycles. The molecule has 2 aliphatic carbocycles. The van der Waals surface area contributed by atoms with Crippen LogP contribution < -0.4 is 5.32 Å². The normalized spacial score (nSPS) is 30.7. The lowest BCUT2D eigenvalue weighted by Gasteiger charge is -2.25. The first-order valence-electron chi connectivity index (χ1n) is 7.38. The Hall–Kier alpha value is -0.570. The van der Waals surface area contributed by atoms with Crippen molar-refractivity contribution in [2.24, 2.45) is 23.2 Å². The fourth-order valence-corrected chi connectivity index (χ4v) is 3.67. The van der Waals surface area contributed by atoms with E-state index in [4.69, 9.17) is 5.11 Å². The van der Waals surface area contributed by atoms with Gasteiger partial charge in [0.2, 0.25) is 5.91 Å². The van der Waals surface area contributed by atoms with Crippen LogP contribution in [0.3, 0.4) is 0 Å². The van der Waals surface area contributed by atoms with E-state index in [1.54, 1.807) is 0 Å². The van der Waals surface area contributed by atoms with Crippen LogP contribution in [0.4, 0.5) is 0 Å². The van der Waals surface area contributed by atoms with Crippen molar-refractivity contribution in [3.63, 3.8) is 0 Å². The number of aliphatic hydroxyl groups is 1. The summed E-state index contributed by atoms with van der Waals surface area (Å²) in [4.78, 5) is 12.0. The highest BCUT2D eigenvalue weighted by Gasteiger charge is 2.40. The Morgan fingerprint density at radius 2 is 2.11 bits per heavy atom. The molecular formula is C15H27NO2. The molecule has 0 radical (unpaired) electrons. The number of hydrogen-bond acceptors (Lipinski definition) is 2. The van der Waals surface area contributed by atoms with Crippen molar-refractivity contribution in [2.45, 2.75) is 52.4 Å². The Kier molecular flexibility index (Phi) is 4.31. The quantitative estimate of drug-likeness (QED) is 0.763. The van der Waals surface area contributed by atoms with Crippen LogP contribution in [0.2, 0.25) is 0 Å². The number of amides is 1. The zero-order valence-electron chi connectivity index (χ0n) is 11.7. The lowest BCUT2D eigenvalue weighted by molar-refractivity contribution is -0.122. The summed E-state index contributed by atoms with van der Waals surface area (Å²) in [5.41, 5.74) is -0.000902. The molecule has 0 aromatic rings. The summed E-state index contributed by atoms with van der Waals surface area (Å²) >= 11 is 0. The van der Waals surface area contributed by atoms with Crippen LogP contribution in [0.25, 0.3) is 0 Å². The highest BCUT2D eigenvalue weighted by molar-refractivity contribution is 5.76. The third-order valence-electron chi connectivity index (χ3n) is 4.88. The van der Waals surface area contributed by atoms with Crippen LogP contribution >= 0.6 is 0 Å². The van der Waals surface area contributed by atoms with Gasteiger partial charge in [-0.05, 0) is 48.9 Å². The summed E-state index contributed by atoms with van der Waals surface area (Å²) in [5, 5.41) is 12.0. The van der Waals surface area contributed by atoms with Gasteiger partial charge in [-0.2, -0.15) is 0 Å². The van der Waals surface area contributed by atoms with Crippen LogP contribution in [-0.4, -0.2) is 24.2 Å². The molecule has 0 aromatic heterocycles. The van der Waals surface area contributed by atoms with Crippen molar-refractivity contribution in [1.29, 1.82) is 0 Å². The van der Waals surface area contributed by atoms with Crippen molar-refractivity contribution in [1.82, 2.24) is 5.32 Å². The molecule has 0 aliphatic heterocycles. The van der Waals surface area contributed by atoms with Gasteiger partial charge in [-0.25, -0.2) is 0 Å². The minimum atomic E-state index is -0.000902. The average Bonchev–Trinajstić information content (AvgIpc) is 2.88. The largest absolute Gasteiger partial charge is 0.396 e. The van der Waals surface area contributed by atoms with Crippen molar-refractivity contribution >= 4 is 5.91 Å². The summed E-state index contributed by atoms with van der Waals surface area (Å²) in [6.07, 6.45) is 6.84. The fourth-order valence-electron chi connectivity index (χ4n) is 3.67. The molecule has 2 fully saturated rings. The first-order valence-corrected chi connectivity index (χ1v) is 7.38. The zero-order valence-corrected chi connectivity index (χ0v) is 11.7. The monoisotopic (exact) mass is 253 g/mol. The molecular weight excluding hydrogens is 226 g/mol. The van der Waals surface area contributed by atoms with E-state index < -0.39 is 0 Å². The Bertz CT molecular complexity index is 301.